The van der Waals surface area contributed by atoms with Crippen LogP contribution >= 0.6 is 0 Å². The fourth-order valence-corrected chi connectivity index (χ4v) is 2.08. The first-order valence-electron chi connectivity index (χ1n) is 6.74. The molecular weight excluding hydrogens is 329 g/mol. The van der Waals surface area contributed by atoms with Crippen LogP contribution in [0.1, 0.15) is 21.5 Å². The van der Waals surface area contributed by atoms with Crippen LogP contribution < -0.4 is 0 Å². The standard InChI is InChI=1S/C15H15F3N2O4/c1-19-8-11(12(21)14(19)23)13(22)20(24-2)7-9-3-5-10(6-4-9)15(16,17)18/h3-6,8,21,23H,7H2,1-2H3. The van der Waals surface area contributed by atoms with Gasteiger partial charge < -0.3 is 14.8 Å². The summed E-state index contributed by atoms with van der Waals surface area (Å²) in [6.45, 7) is -0.136. The highest BCUT2D eigenvalue weighted by atomic mass is 19.4. The molecule has 0 atom stereocenters. The van der Waals surface area contributed by atoms with Gasteiger partial charge in [0.05, 0.1) is 19.2 Å². The Kier molecular flexibility index (Phi) is 4.74. The third-order valence-electron chi connectivity index (χ3n) is 3.41. The number of aryl methyl sites for hydroxylation is 1. The van der Waals surface area contributed by atoms with Crippen LogP contribution in [0.3, 0.4) is 0 Å². The predicted octanol–water partition coefficient (Wildman–Crippen LogP) is 2.66. The maximum Gasteiger partial charge on any atom is 0.416 e. The summed E-state index contributed by atoms with van der Waals surface area (Å²) in [5.41, 5.74) is -0.589. The van der Waals surface area contributed by atoms with Gasteiger partial charge in [-0.2, -0.15) is 13.2 Å². The molecule has 2 aromatic rings. The summed E-state index contributed by atoms with van der Waals surface area (Å²) in [5, 5.41) is 20.1. The number of rotatable bonds is 4. The van der Waals surface area contributed by atoms with Crippen molar-refractivity contribution in [3.63, 3.8) is 0 Å². The molecule has 1 heterocycles. The van der Waals surface area contributed by atoms with Crippen LogP contribution in [-0.4, -0.2) is 32.9 Å². The van der Waals surface area contributed by atoms with E-state index in [2.05, 4.69) is 0 Å². The Bertz CT molecular complexity index is 738. The second kappa shape index (κ2) is 6.44. The number of amides is 1. The summed E-state index contributed by atoms with van der Waals surface area (Å²) in [4.78, 5) is 17.3. The molecule has 1 aromatic heterocycles. The number of aromatic nitrogens is 1. The lowest BCUT2D eigenvalue weighted by Crippen LogP contribution is -2.29. The van der Waals surface area contributed by atoms with E-state index in [1.54, 1.807) is 0 Å². The Labute approximate surface area is 135 Å². The van der Waals surface area contributed by atoms with Gasteiger partial charge in [0.15, 0.2) is 5.75 Å². The zero-order valence-corrected chi connectivity index (χ0v) is 12.8. The molecule has 6 nitrogen and oxygen atoms in total. The molecule has 2 rings (SSSR count). The average Bonchev–Trinajstić information content (AvgIpc) is 2.79. The minimum atomic E-state index is -4.44. The summed E-state index contributed by atoms with van der Waals surface area (Å²) in [5.74, 6) is -1.83. The Hall–Kier alpha value is -2.68. The fourth-order valence-electron chi connectivity index (χ4n) is 2.08. The first-order chi connectivity index (χ1) is 11.1. The molecule has 0 aliphatic carbocycles. The van der Waals surface area contributed by atoms with Gasteiger partial charge in [-0.15, -0.1) is 0 Å². The van der Waals surface area contributed by atoms with E-state index in [4.69, 9.17) is 4.84 Å². The van der Waals surface area contributed by atoms with Crippen molar-refractivity contribution in [2.24, 2.45) is 7.05 Å². The van der Waals surface area contributed by atoms with Crippen molar-refractivity contribution < 1.29 is 33.0 Å². The molecule has 24 heavy (non-hydrogen) atoms. The van der Waals surface area contributed by atoms with E-state index in [1.165, 1.54) is 32.5 Å². The summed E-state index contributed by atoms with van der Waals surface area (Å²) in [7, 11) is 2.64. The SMILES string of the molecule is CON(Cc1ccc(C(F)(F)F)cc1)C(=O)c1cn(C)c(O)c1O. The third kappa shape index (κ3) is 3.46. The number of alkyl halides is 3. The summed E-state index contributed by atoms with van der Waals surface area (Å²) in [6, 6.07) is 4.26. The van der Waals surface area contributed by atoms with Crippen LogP contribution in [0, 0.1) is 0 Å². The van der Waals surface area contributed by atoms with Crippen LogP contribution in [0.2, 0.25) is 0 Å². The summed E-state index contributed by atoms with van der Waals surface area (Å²) < 4.78 is 38.8. The smallest absolute Gasteiger partial charge is 0.416 e. The van der Waals surface area contributed by atoms with E-state index >= 15 is 0 Å². The Morgan fingerprint density at radius 1 is 1.25 bits per heavy atom. The number of carbonyl (C=O) groups is 1. The normalized spacial score (nSPS) is 11.5. The van der Waals surface area contributed by atoms with E-state index in [0.29, 0.717) is 5.56 Å². The molecule has 0 radical (unpaired) electrons. The third-order valence-corrected chi connectivity index (χ3v) is 3.41. The molecular formula is C15H15F3N2O4. The van der Waals surface area contributed by atoms with Crippen molar-refractivity contribution in [3.8, 4) is 11.6 Å². The van der Waals surface area contributed by atoms with Crippen molar-refractivity contribution in [1.82, 2.24) is 9.63 Å². The zero-order chi connectivity index (χ0) is 18.1. The van der Waals surface area contributed by atoms with Crippen LogP contribution in [-0.2, 0) is 24.6 Å². The lowest BCUT2D eigenvalue weighted by molar-refractivity contribution is -0.137. The van der Waals surface area contributed by atoms with E-state index in [-0.39, 0.29) is 12.1 Å². The largest absolute Gasteiger partial charge is 0.503 e. The maximum atomic E-state index is 12.5. The predicted molar refractivity (Wildman–Crippen MR) is 77.1 cm³/mol. The molecule has 0 fully saturated rings. The molecule has 0 saturated heterocycles. The molecule has 1 aromatic carbocycles. The molecule has 2 N–H and O–H groups in total. The minimum absolute atomic E-state index is 0.136. The lowest BCUT2D eigenvalue weighted by atomic mass is 10.1. The first kappa shape index (κ1) is 17.7. The van der Waals surface area contributed by atoms with Gasteiger partial charge >= 0.3 is 6.18 Å². The van der Waals surface area contributed by atoms with Crippen LogP contribution in [0.25, 0.3) is 0 Å². The fraction of sp³-hybridized carbons (Fsp3) is 0.267. The summed E-state index contributed by atoms with van der Waals surface area (Å²) in [6.07, 6.45) is -3.23. The van der Waals surface area contributed by atoms with Gasteiger partial charge in [-0.1, -0.05) is 12.1 Å². The zero-order valence-electron chi connectivity index (χ0n) is 12.8. The Balaban J connectivity index is 2.20. The van der Waals surface area contributed by atoms with Gasteiger partial charge in [-0.05, 0) is 17.7 Å². The van der Waals surface area contributed by atoms with Crippen molar-refractivity contribution in [1.29, 1.82) is 0 Å². The average molecular weight is 344 g/mol. The number of halogens is 3. The van der Waals surface area contributed by atoms with E-state index in [0.717, 1.165) is 21.8 Å². The highest BCUT2D eigenvalue weighted by Gasteiger charge is 2.30. The monoisotopic (exact) mass is 344 g/mol. The van der Waals surface area contributed by atoms with Crippen molar-refractivity contribution >= 4 is 5.91 Å². The number of hydrogen-bond acceptors (Lipinski definition) is 4. The number of nitrogens with zero attached hydrogens (tertiary/aromatic N) is 2. The van der Waals surface area contributed by atoms with Gasteiger partial charge in [0, 0.05) is 13.2 Å². The van der Waals surface area contributed by atoms with Gasteiger partial charge in [-0.25, -0.2) is 5.06 Å². The Morgan fingerprint density at radius 3 is 2.25 bits per heavy atom. The molecule has 0 bridgehead atoms. The van der Waals surface area contributed by atoms with Crippen molar-refractivity contribution in [2.75, 3.05) is 7.11 Å². The second-order valence-corrected chi connectivity index (χ2v) is 5.04. The van der Waals surface area contributed by atoms with E-state index in [9.17, 15) is 28.2 Å². The van der Waals surface area contributed by atoms with E-state index in [1.807, 2.05) is 0 Å². The van der Waals surface area contributed by atoms with Crippen LogP contribution in [0.5, 0.6) is 11.6 Å². The molecule has 130 valence electrons. The molecule has 0 unspecified atom stereocenters. The Morgan fingerprint density at radius 2 is 1.83 bits per heavy atom. The number of carbonyl (C=O) groups excluding carboxylic acids is 1. The van der Waals surface area contributed by atoms with Gasteiger partial charge in [0.25, 0.3) is 5.91 Å². The number of aromatic hydroxyl groups is 2. The molecule has 9 heteroatoms. The maximum absolute atomic E-state index is 12.5. The van der Waals surface area contributed by atoms with Crippen LogP contribution in [0.4, 0.5) is 13.2 Å². The number of benzene rings is 1. The highest BCUT2D eigenvalue weighted by Crippen LogP contribution is 2.32. The van der Waals surface area contributed by atoms with Gasteiger partial charge in [-0.3, -0.25) is 9.63 Å². The summed E-state index contributed by atoms with van der Waals surface area (Å²) >= 11 is 0. The number of hydrogen-bond donors (Lipinski definition) is 2. The van der Waals surface area contributed by atoms with E-state index < -0.39 is 29.3 Å². The highest BCUT2D eigenvalue weighted by molar-refractivity contribution is 5.97. The topological polar surface area (TPSA) is 74.9 Å². The quantitative estimate of drug-likeness (QED) is 0.836. The van der Waals surface area contributed by atoms with Gasteiger partial charge in [0.1, 0.15) is 5.56 Å². The molecule has 0 aliphatic rings. The van der Waals surface area contributed by atoms with Crippen molar-refractivity contribution in [2.45, 2.75) is 12.7 Å². The lowest BCUT2D eigenvalue weighted by Gasteiger charge is -2.19. The first-order valence-corrected chi connectivity index (χ1v) is 6.74. The minimum Gasteiger partial charge on any atom is -0.503 e. The molecule has 1 amide bonds. The molecule has 0 aliphatic heterocycles. The second-order valence-electron chi connectivity index (χ2n) is 5.04. The van der Waals surface area contributed by atoms with Crippen molar-refractivity contribution in [3.05, 3.63) is 47.2 Å². The number of hydroxylamine groups is 2. The molecule has 0 spiro atoms. The molecule has 0 saturated carbocycles. The van der Waals surface area contributed by atoms with Crippen LogP contribution in [0.15, 0.2) is 30.5 Å². The van der Waals surface area contributed by atoms with Gasteiger partial charge in [0.2, 0.25) is 5.88 Å².